The van der Waals surface area contributed by atoms with Gasteiger partial charge in [0.2, 0.25) is 0 Å². The normalized spacial score (nSPS) is 14.3. The molecule has 1 aromatic carbocycles. The van der Waals surface area contributed by atoms with Gasteiger partial charge in [-0.15, -0.1) is 0 Å². The SMILES string of the molecule is COC(=O)[C@@H](NC(=O)OCc1ccccc1)C(O)C(=O)[C@H](C)N. The number of alkyl carbamates (subject to hydrolysis) is 1. The molecule has 0 bridgehead atoms. The molecule has 0 saturated carbocycles. The van der Waals surface area contributed by atoms with Gasteiger partial charge in [0.05, 0.1) is 13.2 Å². The molecule has 126 valence electrons. The predicted molar refractivity (Wildman–Crippen MR) is 80.2 cm³/mol. The van der Waals surface area contributed by atoms with Gasteiger partial charge in [0, 0.05) is 0 Å². The van der Waals surface area contributed by atoms with Gasteiger partial charge in [-0.1, -0.05) is 30.3 Å². The lowest BCUT2D eigenvalue weighted by Gasteiger charge is -2.21. The molecule has 4 N–H and O–H groups in total. The van der Waals surface area contributed by atoms with Crippen LogP contribution in [-0.4, -0.2) is 48.2 Å². The summed E-state index contributed by atoms with van der Waals surface area (Å²) in [6.45, 7) is 1.32. The average molecular weight is 324 g/mol. The number of methoxy groups -OCH3 is 1. The molecule has 23 heavy (non-hydrogen) atoms. The standard InChI is InChI=1S/C15H20N2O6/c1-9(16)12(18)13(19)11(14(20)22-2)17-15(21)23-8-10-6-4-3-5-7-10/h3-7,9,11,13,19H,8,16H2,1-2H3,(H,17,21)/t9-,11-,13?/m0/s1. The zero-order valence-electron chi connectivity index (χ0n) is 12.9. The zero-order chi connectivity index (χ0) is 17.4. The molecule has 0 radical (unpaired) electrons. The molecule has 1 rings (SSSR count). The number of amides is 1. The first kappa shape index (κ1) is 18.6. The topological polar surface area (TPSA) is 128 Å². The van der Waals surface area contributed by atoms with Crippen LogP contribution in [0, 0.1) is 0 Å². The molecule has 8 heteroatoms. The monoisotopic (exact) mass is 324 g/mol. The number of ketones is 1. The third-order valence-corrected chi connectivity index (χ3v) is 3.00. The molecule has 0 aliphatic heterocycles. The van der Waals surface area contributed by atoms with Gasteiger partial charge in [0.1, 0.15) is 12.7 Å². The third-order valence-electron chi connectivity index (χ3n) is 3.00. The first-order valence-electron chi connectivity index (χ1n) is 6.89. The van der Waals surface area contributed by atoms with Crippen LogP contribution in [0.4, 0.5) is 4.79 Å². The summed E-state index contributed by atoms with van der Waals surface area (Å²) in [6, 6.07) is 6.27. The maximum Gasteiger partial charge on any atom is 0.408 e. The zero-order valence-corrected chi connectivity index (χ0v) is 12.9. The molecule has 0 fully saturated rings. The largest absolute Gasteiger partial charge is 0.467 e. The van der Waals surface area contributed by atoms with E-state index in [4.69, 9.17) is 10.5 Å². The first-order chi connectivity index (χ1) is 10.9. The van der Waals surface area contributed by atoms with E-state index in [0.29, 0.717) is 0 Å². The van der Waals surface area contributed by atoms with Gasteiger partial charge >= 0.3 is 12.1 Å². The lowest BCUT2D eigenvalue weighted by atomic mass is 10.0. The van der Waals surface area contributed by atoms with Crippen molar-refractivity contribution in [3.05, 3.63) is 35.9 Å². The number of carbonyl (C=O) groups is 3. The van der Waals surface area contributed by atoms with Crippen LogP contribution in [0.5, 0.6) is 0 Å². The van der Waals surface area contributed by atoms with Gasteiger partial charge in [-0.05, 0) is 12.5 Å². The van der Waals surface area contributed by atoms with Crippen molar-refractivity contribution in [3.8, 4) is 0 Å². The van der Waals surface area contributed by atoms with Crippen LogP contribution in [0.15, 0.2) is 30.3 Å². The van der Waals surface area contributed by atoms with Crippen molar-refractivity contribution in [1.29, 1.82) is 0 Å². The van der Waals surface area contributed by atoms with E-state index in [1.165, 1.54) is 6.92 Å². The first-order valence-corrected chi connectivity index (χ1v) is 6.89. The van der Waals surface area contributed by atoms with E-state index >= 15 is 0 Å². The molecule has 1 aromatic rings. The van der Waals surface area contributed by atoms with Crippen LogP contribution in [0.25, 0.3) is 0 Å². The Morgan fingerprint density at radius 3 is 2.39 bits per heavy atom. The second kappa shape index (κ2) is 8.86. The van der Waals surface area contributed by atoms with E-state index in [9.17, 15) is 19.5 Å². The summed E-state index contributed by atoms with van der Waals surface area (Å²) in [6.07, 6.45) is -2.80. The number of hydrogen-bond donors (Lipinski definition) is 3. The quantitative estimate of drug-likeness (QED) is 0.589. The molecule has 8 nitrogen and oxygen atoms in total. The molecular formula is C15H20N2O6. The summed E-state index contributed by atoms with van der Waals surface area (Å²) in [5, 5.41) is 12.0. The molecule has 0 heterocycles. The molecule has 3 atom stereocenters. The molecule has 0 aliphatic rings. The van der Waals surface area contributed by atoms with E-state index in [1.807, 2.05) is 6.07 Å². The van der Waals surface area contributed by atoms with Crippen LogP contribution in [-0.2, 0) is 25.7 Å². The summed E-state index contributed by atoms with van der Waals surface area (Å²) in [4.78, 5) is 35.1. The number of esters is 1. The Morgan fingerprint density at radius 1 is 1.26 bits per heavy atom. The average Bonchev–Trinajstić information content (AvgIpc) is 2.56. The van der Waals surface area contributed by atoms with Crippen molar-refractivity contribution in [3.63, 3.8) is 0 Å². The number of hydrogen-bond acceptors (Lipinski definition) is 7. The van der Waals surface area contributed by atoms with E-state index in [2.05, 4.69) is 10.1 Å². The maximum atomic E-state index is 11.7. The Morgan fingerprint density at radius 2 is 1.87 bits per heavy atom. The van der Waals surface area contributed by atoms with Gasteiger partial charge in [0.15, 0.2) is 11.8 Å². The summed E-state index contributed by atoms with van der Waals surface area (Å²) in [5.41, 5.74) is 6.12. The highest BCUT2D eigenvalue weighted by molar-refractivity contribution is 5.94. The molecule has 1 amide bonds. The molecule has 0 aromatic heterocycles. The van der Waals surface area contributed by atoms with Gasteiger partial charge in [0.25, 0.3) is 0 Å². The van der Waals surface area contributed by atoms with Gasteiger partial charge in [-0.3, -0.25) is 4.79 Å². The van der Waals surface area contributed by atoms with Crippen LogP contribution >= 0.6 is 0 Å². The van der Waals surface area contributed by atoms with Crippen LogP contribution in [0.1, 0.15) is 12.5 Å². The van der Waals surface area contributed by atoms with Crippen LogP contribution in [0.3, 0.4) is 0 Å². The number of aliphatic hydroxyl groups is 1. The van der Waals surface area contributed by atoms with E-state index in [1.54, 1.807) is 24.3 Å². The molecular weight excluding hydrogens is 304 g/mol. The Kier molecular flexibility index (Phi) is 7.17. The minimum atomic E-state index is -1.83. The van der Waals surface area contributed by atoms with Crippen LogP contribution < -0.4 is 11.1 Å². The van der Waals surface area contributed by atoms with Crippen LogP contribution in [0.2, 0.25) is 0 Å². The second-order valence-electron chi connectivity index (χ2n) is 4.84. The highest BCUT2D eigenvalue weighted by Gasteiger charge is 2.35. The Balaban J connectivity index is 2.67. The van der Waals surface area contributed by atoms with Crippen molar-refractivity contribution < 1.29 is 29.0 Å². The highest BCUT2D eigenvalue weighted by atomic mass is 16.6. The number of nitrogens with one attached hydrogen (secondary N) is 1. The third kappa shape index (κ3) is 5.68. The van der Waals surface area contributed by atoms with Gasteiger partial charge in [-0.2, -0.15) is 0 Å². The van der Waals surface area contributed by atoms with Crippen molar-refractivity contribution in [2.24, 2.45) is 5.73 Å². The maximum absolute atomic E-state index is 11.7. The fourth-order valence-electron chi connectivity index (χ4n) is 1.72. The second-order valence-corrected chi connectivity index (χ2v) is 4.84. The number of nitrogens with two attached hydrogens (primary N) is 1. The minimum Gasteiger partial charge on any atom is -0.467 e. The number of rotatable bonds is 7. The lowest BCUT2D eigenvalue weighted by molar-refractivity contribution is -0.149. The molecule has 1 unspecified atom stereocenters. The predicted octanol–water partition coefficient (Wildman–Crippen LogP) is -0.268. The number of aliphatic hydroxyl groups excluding tert-OH is 1. The fraction of sp³-hybridized carbons (Fsp3) is 0.400. The van der Waals surface area contributed by atoms with E-state index in [-0.39, 0.29) is 6.61 Å². The van der Waals surface area contributed by atoms with Crippen molar-refractivity contribution in [2.75, 3.05) is 7.11 Å². The van der Waals surface area contributed by atoms with Crippen molar-refractivity contribution in [2.45, 2.75) is 31.7 Å². The number of benzene rings is 1. The highest BCUT2D eigenvalue weighted by Crippen LogP contribution is 2.04. The fourth-order valence-corrected chi connectivity index (χ4v) is 1.72. The number of Topliss-reactive ketones (excluding diaryl/α,β-unsaturated/α-hetero) is 1. The summed E-state index contributed by atoms with van der Waals surface area (Å²) in [5.74, 6) is -1.79. The lowest BCUT2D eigenvalue weighted by Crippen LogP contribution is -2.55. The minimum absolute atomic E-state index is 0.0299. The van der Waals surface area contributed by atoms with Gasteiger partial charge in [-0.25, -0.2) is 9.59 Å². The molecule has 0 spiro atoms. The van der Waals surface area contributed by atoms with Gasteiger partial charge < -0.3 is 25.6 Å². The molecule has 0 saturated heterocycles. The summed E-state index contributed by atoms with van der Waals surface area (Å²) in [7, 11) is 1.06. The Hall–Kier alpha value is -2.45. The van der Waals surface area contributed by atoms with Crippen molar-refractivity contribution >= 4 is 17.8 Å². The Bertz CT molecular complexity index is 546. The Labute approximate surface area is 133 Å². The summed E-state index contributed by atoms with van der Waals surface area (Å²) >= 11 is 0. The number of carbonyl (C=O) groups excluding carboxylic acids is 3. The number of ether oxygens (including phenoxy) is 2. The van der Waals surface area contributed by atoms with E-state index in [0.717, 1.165) is 12.7 Å². The van der Waals surface area contributed by atoms with E-state index < -0.39 is 36.0 Å². The molecule has 0 aliphatic carbocycles. The van der Waals surface area contributed by atoms with Crippen molar-refractivity contribution in [1.82, 2.24) is 5.32 Å². The smallest absolute Gasteiger partial charge is 0.408 e. The summed E-state index contributed by atoms with van der Waals surface area (Å²) < 4.78 is 9.40.